The summed E-state index contributed by atoms with van der Waals surface area (Å²) in [4.78, 5) is 35.9. The second-order valence-electron chi connectivity index (χ2n) is 8.74. The van der Waals surface area contributed by atoms with E-state index in [4.69, 9.17) is 9.47 Å². The average Bonchev–Trinajstić information content (AvgIpc) is 3.20. The maximum atomic E-state index is 13.6. The molecule has 32 heavy (non-hydrogen) atoms. The summed E-state index contributed by atoms with van der Waals surface area (Å²) in [5, 5.41) is 2.97. The van der Waals surface area contributed by atoms with Gasteiger partial charge in [-0.05, 0) is 36.8 Å². The van der Waals surface area contributed by atoms with Crippen LogP contribution in [0.4, 0.5) is 0 Å². The van der Waals surface area contributed by atoms with E-state index in [1.165, 1.54) is 18.7 Å². The topological polar surface area (TPSA) is 93.7 Å². The molecular weight excluding hydrogens is 408 g/mol. The van der Waals surface area contributed by atoms with E-state index in [1.807, 2.05) is 35.2 Å². The van der Waals surface area contributed by atoms with Crippen molar-refractivity contribution in [3.05, 3.63) is 59.7 Å². The summed E-state index contributed by atoms with van der Waals surface area (Å²) in [6.45, 7) is 2.72. The van der Waals surface area contributed by atoms with Crippen LogP contribution in [0.2, 0.25) is 0 Å². The van der Waals surface area contributed by atoms with Crippen LogP contribution in [-0.4, -0.2) is 65.6 Å². The first-order valence-electron chi connectivity index (χ1n) is 11.0. The molecule has 1 atom stereocenters. The van der Waals surface area contributed by atoms with Gasteiger partial charge in [-0.2, -0.15) is 0 Å². The summed E-state index contributed by atoms with van der Waals surface area (Å²) in [6.07, 6.45) is 8.98. The number of ether oxygens (including phenoxy) is 2. The summed E-state index contributed by atoms with van der Waals surface area (Å²) >= 11 is 0. The molecule has 1 N–H and O–H groups in total. The van der Waals surface area contributed by atoms with Crippen molar-refractivity contribution in [2.45, 2.75) is 25.3 Å². The number of carbonyl (C=O) groups excluding carboxylic acids is 2. The number of para-hydroxylation sites is 1. The first-order valence-corrected chi connectivity index (χ1v) is 11.0. The number of benzene rings is 1. The normalized spacial score (nSPS) is 21.4. The number of fused-ring (bicyclic) bond motifs is 1. The van der Waals surface area contributed by atoms with Crippen LogP contribution in [-0.2, 0) is 9.53 Å². The SMILES string of the molecule is O=C(NCC1CC2(CCOCC2)CN1C(=O)C1=Cc2ccccc2OC1)c1cncnc1. The fourth-order valence-corrected chi connectivity index (χ4v) is 4.90. The third-order valence-corrected chi connectivity index (χ3v) is 6.66. The molecule has 3 aliphatic heterocycles. The molecule has 2 amide bonds. The van der Waals surface area contributed by atoms with Crippen LogP contribution in [0, 0.1) is 5.41 Å². The Morgan fingerprint density at radius 1 is 1.16 bits per heavy atom. The molecule has 4 heterocycles. The van der Waals surface area contributed by atoms with Crippen molar-refractivity contribution in [3.63, 3.8) is 0 Å². The van der Waals surface area contributed by atoms with Crippen LogP contribution in [0.1, 0.15) is 35.2 Å². The van der Waals surface area contributed by atoms with Crippen molar-refractivity contribution in [1.29, 1.82) is 0 Å². The summed E-state index contributed by atoms with van der Waals surface area (Å²) in [7, 11) is 0. The molecule has 0 aliphatic carbocycles. The van der Waals surface area contributed by atoms with E-state index in [9.17, 15) is 9.59 Å². The average molecular weight is 434 g/mol. The summed E-state index contributed by atoms with van der Waals surface area (Å²) in [5.41, 5.74) is 1.99. The van der Waals surface area contributed by atoms with E-state index in [0.29, 0.717) is 37.4 Å². The van der Waals surface area contributed by atoms with Gasteiger partial charge in [-0.1, -0.05) is 18.2 Å². The van der Waals surface area contributed by atoms with E-state index >= 15 is 0 Å². The molecule has 2 aromatic rings. The molecule has 0 bridgehead atoms. The highest BCUT2D eigenvalue weighted by molar-refractivity contribution is 5.99. The molecule has 3 aliphatic rings. The van der Waals surface area contributed by atoms with Gasteiger partial charge in [0.15, 0.2) is 0 Å². The van der Waals surface area contributed by atoms with Gasteiger partial charge in [0.25, 0.3) is 11.8 Å². The van der Waals surface area contributed by atoms with E-state index in [-0.39, 0.29) is 29.9 Å². The van der Waals surface area contributed by atoms with Crippen LogP contribution in [0.15, 0.2) is 48.6 Å². The number of carbonyl (C=O) groups is 2. The first-order chi connectivity index (χ1) is 15.6. The minimum atomic E-state index is -0.236. The fourth-order valence-electron chi connectivity index (χ4n) is 4.90. The third kappa shape index (κ3) is 4.10. The zero-order valence-corrected chi connectivity index (χ0v) is 17.8. The highest BCUT2D eigenvalue weighted by Crippen LogP contribution is 2.43. The number of hydrogen-bond donors (Lipinski definition) is 1. The molecule has 2 saturated heterocycles. The van der Waals surface area contributed by atoms with Crippen molar-refractivity contribution in [2.75, 3.05) is 32.9 Å². The number of amides is 2. The van der Waals surface area contributed by atoms with E-state index in [2.05, 4.69) is 15.3 Å². The van der Waals surface area contributed by atoms with Crippen molar-refractivity contribution < 1.29 is 19.1 Å². The second kappa shape index (κ2) is 8.70. The maximum Gasteiger partial charge on any atom is 0.254 e. The molecule has 0 radical (unpaired) electrons. The van der Waals surface area contributed by atoms with E-state index in [1.54, 1.807) is 0 Å². The van der Waals surface area contributed by atoms with Crippen molar-refractivity contribution in [2.24, 2.45) is 5.41 Å². The molecule has 5 rings (SSSR count). The molecule has 1 spiro atoms. The Balaban J connectivity index is 1.35. The second-order valence-corrected chi connectivity index (χ2v) is 8.74. The van der Waals surface area contributed by atoms with Gasteiger partial charge in [0.2, 0.25) is 0 Å². The number of nitrogens with one attached hydrogen (secondary N) is 1. The van der Waals surface area contributed by atoms with Crippen molar-refractivity contribution >= 4 is 17.9 Å². The molecule has 8 nitrogen and oxygen atoms in total. The Bertz CT molecular complexity index is 1030. The number of hydrogen-bond acceptors (Lipinski definition) is 6. The first kappa shape index (κ1) is 20.6. The maximum absolute atomic E-state index is 13.6. The lowest BCUT2D eigenvalue weighted by atomic mass is 9.78. The zero-order chi connectivity index (χ0) is 22.0. The highest BCUT2D eigenvalue weighted by Gasteiger charge is 2.47. The van der Waals surface area contributed by atoms with Crippen LogP contribution >= 0.6 is 0 Å². The van der Waals surface area contributed by atoms with Gasteiger partial charge in [0, 0.05) is 50.3 Å². The lowest BCUT2D eigenvalue weighted by Crippen LogP contribution is -2.44. The molecular formula is C24H26N4O4. The number of nitrogens with zero attached hydrogens (tertiary/aromatic N) is 3. The fraction of sp³-hybridized carbons (Fsp3) is 0.417. The smallest absolute Gasteiger partial charge is 0.254 e. The van der Waals surface area contributed by atoms with E-state index in [0.717, 1.165) is 30.6 Å². The number of aromatic nitrogens is 2. The quantitative estimate of drug-likeness (QED) is 0.792. The largest absolute Gasteiger partial charge is 0.488 e. The predicted octanol–water partition coefficient (Wildman–Crippen LogP) is 2.08. The number of likely N-dealkylation sites (tertiary alicyclic amines) is 1. The molecule has 1 aromatic carbocycles. The predicted molar refractivity (Wildman–Crippen MR) is 117 cm³/mol. The Labute approximate surface area is 186 Å². The van der Waals surface area contributed by atoms with Crippen LogP contribution in [0.5, 0.6) is 5.75 Å². The van der Waals surface area contributed by atoms with Gasteiger partial charge >= 0.3 is 0 Å². The minimum Gasteiger partial charge on any atom is -0.488 e. The van der Waals surface area contributed by atoms with Gasteiger partial charge in [0.05, 0.1) is 11.1 Å². The summed E-state index contributed by atoms with van der Waals surface area (Å²) < 4.78 is 11.4. The monoisotopic (exact) mass is 434 g/mol. The van der Waals surface area contributed by atoms with Gasteiger partial charge < -0.3 is 19.7 Å². The summed E-state index contributed by atoms with van der Waals surface area (Å²) in [6, 6.07) is 7.62. The molecule has 8 heteroatoms. The highest BCUT2D eigenvalue weighted by atomic mass is 16.5. The zero-order valence-electron chi connectivity index (χ0n) is 17.8. The molecule has 0 saturated carbocycles. The van der Waals surface area contributed by atoms with Crippen LogP contribution < -0.4 is 10.1 Å². The van der Waals surface area contributed by atoms with Gasteiger partial charge in [-0.3, -0.25) is 9.59 Å². The Morgan fingerprint density at radius 2 is 1.94 bits per heavy atom. The van der Waals surface area contributed by atoms with Crippen LogP contribution in [0.25, 0.3) is 6.08 Å². The Kier molecular flexibility index (Phi) is 5.61. The van der Waals surface area contributed by atoms with Gasteiger partial charge in [-0.25, -0.2) is 9.97 Å². The van der Waals surface area contributed by atoms with Crippen molar-refractivity contribution in [3.8, 4) is 5.75 Å². The molecule has 1 unspecified atom stereocenters. The standard InChI is InChI=1S/C24H26N4O4/c29-22(19-11-25-16-26-12-19)27-13-20-10-24(5-7-31-8-6-24)15-28(20)23(30)18-9-17-3-1-2-4-21(17)32-14-18/h1-4,9,11-12,16,20H,5-8,10,13-15H2,(H,27,29). The molecule has 1 aromatic heterocycles. The Hall–Kier alpha value is -3.26. The number of rotatable bonds is 4. The summed E-state index contributed by atoms with van der Waals surface area (Å²) in [5.74, 6) is 0.533. The van der Waals surface area contributed by atoms with Crippen molar-refractivity contribution in [1.82, 2.24) is 20.2 Å². The third-order valence-electron chi connectivity index (χ3n) is 6.66. The molecule has 166 valence electrons. The lowest BCUT2D eigenvalue weighted by Gasteiger charge is -2.33. The van der Waals surface area contributed by atoms with Gasteiger partial charge in [0.1, 0.15) is 18.7 Å². The van der Waals surface area contributed by atoms with Crippen LogP contribution in [0.3, 0.4) is 0 Å². The van der Waals surface area contributed by atoms with Gasteiger partial charge in [-0.15, -0.1) is 0 Å². The lowest BCUT2D eigenvalue weighted by molar-refractivity contribution is -0.128. The van der Waals surface area contributed by atoms with E-state index < -0.39 is 0 Å². The minimum absolute atomic E-state index is 0.0230. The Morgan fingerprint density at radius 3 is 2.75 bits per heavy atom. The molecule has 2 fully saturated rings.